The highest BCUT2D eigenvalue weighted by atomic mass is 16.3. The van der Waals surface area contributed by atoms with Gasteiger partial charge in [-0.15, -0.1) is 0 Å². The van der Waals surface area contributed by atoms with Crippen LogP contribution in [0.1, 0.15) is 31.2 Å². The molecule has 0 spiro atoms. The molecule has 1 aromatic heterocycles. The quantitative estimate of drug-likeness (QED) is 0.836. The highest BCUT2D eigenvalue weighted by Gasteiger charge is 2.27. The first-order chi connectivity index (χ1) is 8.16. The summed E-state index contributed by atoms with van der Waals surface area (Å²) in [6, 6.07) is 1.98. The smallest absolute Gasteiger partial charge is 0.225 e. The van der Waals surface area contributed by atoms with E-state index in [1.165, 1.54) is 0 Å². The number of hydrogen-bond acceptors (Lipinski definition) is 2. The molecule has 0 radical (unpaired) electrons. The van der Waals surface area contributed by atoms with E-state index in [0.717, 1.165) is 31.2 Å². The van der Waals surface area contributed by atoms with Gasteiger partial charge in [0.05, 0.1) is 6.10 Å². The van der Waals surface area contributed by atoms with Gasteiger partial charge in [-0.25, -0.2) is 0 Å². The van der Waals surface area contributed by atoms with Gasteiger partial charge in [0.2, 0.25) is 5.91 Å². The van der Waals surface area contributed by atoms with Crippen LogP contribution >= 0.6 is 0 Å². The number of carbonyl (C=O) groups excluding carboxylic acids is 1. The number of aromatic amines is 1. The molecule has 17 heavy (non-hydrogen) atoms. The first-order valence-corrected chi connectivity index (χ1v) is 6.21. The van der Waals surface area contributed by atoms with Gasteiger partial charge in [0.25, 0.3) is 0 Å². The zero-order chi connectivity index (χ0) is 12.3. The Morgan fingerprint density at radius 1 is 1.47 bits per heavy atom. The second-order valence-electron chi connectivity index (χ2n) is 4.92. The van der Waals surface area contributed by atoms with E-state index in [0.29, 0.717) is 6.54 Å². The van der Waals surface area contributed by atoms with Crippen molar-refractivity contribution in [2.24, 2.45) is 5.92 Å². The SMILES string of the molecule is CN(Cc1cc[nH]c1)C(=O)C1CCC(O)CC1. The Hall–Kier alpha value is -1.29. The second-order valence-corrected chi connectivity index (χ2v) is 4.92. The lowest BCUT2D eigenvalue weighted by Crippen LogP contribution is -2.35. The van der Waals surface area contributed by atoms with E-state index in [1.807, 2.05) is 25.5 Å². The van der Waals surface area contributed by atoms with Crippen LogP contribution in [0, 0.1) is 5.92 Å². The van der Waals surface area contributed by atoms with Gasteiger partial charge < -0.3 is 15.0 Å². The molecular weight excluding hydrogens is 216 g/mol. The molecule has 0 bridgehead atoms. The first-order valence-electron chi connectivity index (χ1n) is 6.21. The van der Waals surface area contributed by atoms with Gasteiger partial charge in [-0.05, 0) is 37.3 Å². The van der Waals surface area contributed by atoms with Crippen LogP contribution in [0.5, 0.6) is 0 Å². The summed E-state index contributed by atoms with van der Waals surface area (Å²) in [4.78, 5) is 16.9. The fraction of sp³-hybridized carbons (Fsp3) is 0.615. The van der Waals surface area contributed by atoms with Crippen molar-refractivity contribution in [3.63, 3.8) is 0 Å². The molecule has 0 atom stereocenters. The van der Waals surface area contributed by atoms with Gasteiger partial charge in [-0.1, -0.05) is 0 Å². The maximum atomic E-state index is 12.2. The number of aliphatic hydroxyl groups excluding tert-OH is 1. The molecule has 1 aliphatic rings. The third-order valence-electron chi connectivity index (χ3n) is 3.50. The summed E-state index contributed by atoms with van der Waals surface area (Å²) in [5, 5.41) is 9.43. The summed E-state index contributed by atoms with van der Waals surface area (Å²) in [5.41, 5.74) is 1.12. The summed E-state index contributed by atoms with van der Waals surface area (Å²) >= 11 is 0. The normalized spacial score (nSPS) is 24.6. The zero-order valence-electron chi connectivity index (χ0n) is 10.2. The van der Waals surface area contributed by atoms with Crippen molar-refractivity contribution in [3.05, 3.63) is 24.0 Å². The Labute approximate surface area is 102 Å². The molecule has 0 aliphatic heterocycles. The van der Waals surface area contributed by atoms with E-state index in [4.69, 9.17) is 0 Å². The predicted octanol–water partition coefficient (Wildman–Crippen LogP) is 1.52. The Balaban J connectivity index is 1.86. The molecule has 0 aromatic carbocycles. The standard InChI is InChI=1S/C13H20N2O2/c1-15(9-10-6-7-14-8-10)13(17)11-2-4-12(16)5-3-11/h6-8,11-12,14,16H,2-5,9H2,1H3. The highest BCUT2D eigenvalue weighted by Crippen LogP contribution is 2.25. The zero-order valence-corrected chi connectivity index (χ0v) is 10.2. The lowest BCUT2D eigenvalue weighted by Gasteiger charge is -2.28. The molecule has 1 heterocycles. The van der Waals surface area contributed by atoms with Crippen LogP contribution in [0.15, 0.2) is 18.5 Å². The molecule has 2 rings (SSSR count). The van der Waals surface area contributed by atoms with Crippen molar-refractivity contribution in [1.29, 1.82) is 0 Å². The van der Waals surface area contributed by atoms with Crippen LogP contribution < -0.4 is 0 Å². The minimum atomic E-state index is -0.200. The van der Waals surface area contributed by atoms with E-state index in [1.54, 1.807) is 4.90 Å². The van der Waals surface area contributed by atoms with E-state index in [2.05, 4.69) is 4.98 Å². The molecule has 94 valence electrons. The van der Waals surface area contributed by atoms with Crippen LogP contribution in [0.25, 0.3) is 0 Å². The van der Waals surface area contributed by atoms with Gasteiger partial charge in [-0.2, -0.15) is 0 Å². The third-order valence-corrected chi connectivity index (χ3v) is 3.50. The Bertz CT molecular complexity index is 354. The van der Waals surface area contributed by atoms with E-state index in [9.17, 15) is 9.90 Å². The van der Waals surface area contributed by atoms with Gasteiger partial charge >= 0.3 is 0 Å². The summed E-state index contributed by atoms with van der Waals surface area (Å²) < 4.78 is 0. The van der Waals surface area contributed by atoms with E-state index in [-0.39, 0.29) is 17.9 Å². The van der Waals surface area contributed by atoms with Crippen LogP contribution in [0.2, 0.25) is 0 Å². The van der Waals surface area contributed by atoms with Crippen LogP contribution in [0.4, 0.5) is 0 Å². The molecule has 2 N–H and O–H groups in total. The number of hydrogen-bond donors (Lipinski definition) is 2. The molecule has 0 unspecified atom stereocenters. The van der Waals surface area contributed by atoms with Crippen molar-refractivity contribution < 1.29 is 9.90 Å². The fourth-order valence-corrected chi connectivity index (χ4v) is 2.44. The van der Waals surface area contributed by atoms with E-state index < -0.39 is 0 Å². The summed E-state index contributed by atoms with van der Waals surface area (Å²) in [6.45, 7) is 0.654. The number of aliphatic hydroxyl groups is 1. The fourth-order valence-electron chi connectivity index (χ4n) is 2.44. The number of nitrogens with one attached hydrogen (secondary N) is 1. The number of H-pyrrole nitrogens is 1. The van der Waals surface area contributed by atoms with Gasteiger partial charge in [-0.3, -0.25) is 4.79 Å². The van der Waals surface area contributed by atoms with Crippen LogP contribution in [-0.2, 0) is 11.3 Å². The summed E-state index contributed by atoms with van der Waals surface area (Å²) in [6.07, 6.45) is 6.73. The maximum absolute atomic E-state index is 12.2. The van der Waals surface area contributed by atoms with Crippen molar-refractivity contribution in [1.82, 2.24) is 9.88 Å². The maximum Gasteiger partial charge on any atom is 0.225 e. The molecule has 1 saturated carbocycles. The summed E-state index contributed by atoms with van der Waals surface area (Å²) in [5.74, 6) is 0.306. The molecule has 1 aromatic rings. The number of amides is 1. The van der Waals surface area contributed by atoms with Gasteiger partial charge in [0.1, 0.15) is 0 Å². The van der Waals surface area contributed by atoms with E-state index >= 15 is 0 Å². The molecule has 0 saturated heterocycles. The number of rotatable bonds is 3. The lowest BCUT2D eigenvalue weighted by molar-refractivity contribution is -0.136. The van der Waals surface area contributed by atoms with Crippen molar-refractivity contribution in [2.45, 2.75) is 38.3 Å². The monoisotopic (exact) mass is 236 g/mol. The first kappa shape index (κ1) is 12.2. The Morgan fingerprint density at radius 3 is 2.76 bits per heavy atom. The second kappa shape index (κ2) is 5.36. The molecule has 4 nitrogen and oxygen atoms in total. The summed E-state index contributed by atoms with van der Waals surface area (Å²) in [7, 11) is 1.85. The Morgan fingerprint density at radius 2 is 2.18 bits per heavy atom. The Kier molecular flexibility index (Phi) is 3.84. The number of aromatic nitrogens is 1. The van der Waals surface area contributed by atoms with Gasteiger partial charge in [0, 0.05) is 31.9 Å². The largest absolute Gasteiger partial charge is 0.393 e. The number of nitrogens with zero attached hydrogens (tertiary/aromatic N) is 1. The molecule has 1 fully saturated rings. The topological polar surface area (TPSA) is 56.3 Å². The highest BCUT2D eigenvalue weighted by molar-refractivity contribution is 5.78. The van der Waals surface area contributed by atoms with Crippen molar-refractivity contribution >= 4 is 5.91 Å². The molecule has 1 aliphatic carbocycles. The molecular formula is C13H20N2O2. The third kappa shape index (κ3) is 3.09. The minimum Gasteiger partial charge on any atom is -0.393 e. The number of carbonyl (C=O) groups is 1. The van der Waals surface area contributed by atoms with Gasteiger partial charge in [0.15, 0.2) is 0 Å². The van der Waals surface area contributed by atoms with Crippen molar-refractivity contribution in [2.75, 3.05) is 7.05 Å². The lowest BCUT2D eigenvalue weighted by atomic mass is 9.86. The average Bonchev–Trinajstić information content (AvgIpc) is 2.82. The molecule has 4 heteroatoms. The van der Waals surface area contributed by atoms with Crippen molar-refractivity contribution in [3.8, 4) is 0 Å². The average molecular weight is 236 g/mol. The van der Waals surface area contributed by atoms with Crippen LogP contribution in [-0.4, -0.2) is 34.0 Å². The molecule has 1 amide bonds. The van der Waals surface area contributed by atoms with Crippen LogP contribution in [0.3, 0.4) is 0 Å². The predicted molar refractivity (Wildman–Crippen MR) is 65.2 cm³/mol. The minimum absolute atomic E-state index is 0.0994.